The summed E-state index contributed by atoms with van der Waals surface area (Å²) in [6.45, 7) is 3.79. The minimum atomic E-state index is -0.0185. The van der Waals surface area contributed by atoms with Crippen molar-refractivity contribution in [1.29, 1.82) is 0 Å². The second kappa shape index (κ2) is 10.2. The average Bonchev–Trinajstić information content (AvgIpc) is 2.84. The van der Waals surface area contributed by atoms with Gasteiger partial charge in [-0.2, -0.15) is 0 Å². The molecular weight excluding hydrogens is 398 g/mol. The Bertz CT molecular complexity index is 1040. The van der Waals surface area contributed by atoms with E-state index in [0.29, 0.717) is 18.5 Å². The zero-order valence-electron chi connectivity index (χ0n) is 18.5. The van der Waals surface area contributed by atoms with Crippen molar-refractivity contribution in [2.75, 3.05) is 33.2 Å². The summed E-state index contributed by atoms with van der Waals surface area (Å²) in [5.41, 5.74) is 4.96. The quantitative estimate of drug-likeness (QED) is 0.654. The lowest BCUT2D eigenvalue weighted by atomic mass is 10.0. The highest BCUT2D eigenvalue weighted by molar-refractivity contribution is 5.94. The second-order valence-corrected chi connectivity index (χ2v) is 8.31. The van der Waals surface area contributed by atoms with Gasteiger partial charge >= 0.3 is 0 Å². The van der Waals surface area contributed by atoms with E-state index in [-0.39, 0.29) is 11.8 Å². The zero-order chi connectivity index (χ0) is 22.3. The Labute approximate surface area is 189 Å². The third-order valence-corrected chi connectivity index (χ3v) is 5.91. The van der Waals surface area contributed by atoms with Crippen LogP contribution in [0.2, 0.25) is 0 Å². The Morgan fingerprint density at radius 1 is 0.750 bits per heavy atom. The molecule has 1 fully saturated rings. The van der Waals surface area contributed by atoms with Gasteiger partial charge in [0.25, 0.3) is 5.91 Å². The molecule has 2 amide bonds. The van der Waals surface area contributed by atoms with Gasteiger partial charge in [-0.1, -0.05) is 66.7 Å². The molecule has 1 aliphatic rings. The van der Waals surface area contributed by atoms with Gasteiger partial charge in [-0.05, 0) is 41.4 Å². The van der Waals surface area contributed by atoms with Gasteiger partial charge < -0.3 is 15.1 Å². The van der Waals surface area contributed by atoms with Gasteiger partial charge in [0.2, 0.25) is 5.91 Å². The SMILES string of the molecule is CN1CCN(C(=O)c2ccc(CNC(=O)Cc3ccc(-c4ccccc4)cc3)cc2)CC1. The molecule has 5 heteroatoms. The first-order valence-electron chi connectivity index (χ1n) is 11.1. The lowest BCUT2D eigenvalue weighted by Gasteiger charge is -2.32. The monoisotopic (exact) mass is 427 g/mol. The van der Waals surface area contributed by atoms with Gasteiger partial charge in [0, 0.05) is 38.3 Å². The highest BCUT2D eigenvalue weighted by atomic mass is 16.2. The van der Waals surface area contributed by atoms with E-state index in [0.717, 1.165) is 48.4 Å². The molecule has 4 rings (SSSR count). The first-order valence-corrected chi connectivity index (χ1v) is 11.1. The number of carbonyl (C=O) groups excluding carboxylic acids is 2. The summed E-state index contributed by atoms with van der Waals surface area (Å²) < 4.78 is 0. The summed E-state index contributed by atoms with van der Waals surface area (Å²) in [5, 5.41) is 2.97. The van der Waals surface area contributed by atoms with Gasteiger partial charge in [-0.15, -0.1) is 0 Å². The van der Waals surface area contributed by atoms with Crippen LogP contribution >= 0.6 is 0 Å². The summed E-state index contributed by atoms with van der Waals surface area (Å²) in [5.74, 6) is 0.0580. The van der Waals surface area contributed by atoms with Crippen LogP contribution in [0.15, 0.2) is 78.9 Å². The lowest BCUT2D eigenvalue weighted by Crippen LogP contribution is -2.47. The van der Waals surface area contributed by atoms with Crippen molar-refractivity contribution < 1.29 is 9.59 Å². The number of likely N-dealkylation sites (N-methyl/N-ethyl adjacent to an activating group) is 1. The number of benzene rings is 3. The third-order valence-electron chi connectivity index (χ3n) is 5.91. The second-order valence-electron chi connectivity index (χ2n) is 8.31. The predicted octanol–water partition coefficient (Wildman–Crippen LogP) is 3.60. The van der Waals surface area contributed by atoms with Crippen molar-refractivity contribution in [2.45, 2.75) is 13.0 Å². The van der Waals surface area contributed by atoms with Crippen molar-refractivity contribution in [3.05, 3.63) is 95.6 Å². The van der Waals surface area contributed by atoms with Gasteiger partial charge in [0.1, 0.15) is 0 Å². The number of piperazine rings is 1. The third kappa shape index (κ3) is 5.62. The number of hydrogen-bond acceptors (Lipinski definition) is 3. The molecule has 1 saturated heterocycles. The van der Waals surface area contributed by atoms with Crippen LogP contribution in [0.5, 0.6) is 0 Å². The molecule has 0 unspecified atom stereocenters. The average molecular weight is 428 g/mol. The van der Waals surface area contributed by atoms with Crippen LogP contribution in [-0.2, 0) is 17.8 Å². The molecule has 1 heterocycles. The molecule has 3 aromatic carbocycles. The lowest BCUT2D eigenvalue weighted by molar-refractivity contribution is -0.120. The summed E-state index contributed by atoms with van der Waals surface area (Å²) >= 11 is 0. The van der Waals surface area contributed by atoms with Crippen LogP contribution in [0, 0.1) is 0 Å². The van der Waals surface area contributed by atoms with Crippen LogP contribution in [0.25, 0.3) is 11.1 Å². The Morgan fingerprint density at radius 2 is 1.34 bits per heavy atom. The maximum atomic E-state index is 12.6. The fourth-order valence-electron chi connectivity index (χ4n) is 3.85. The molecular formula is C27H29N3O2. The number of nitrogens with one attached hydrogen (secondary N) is 1. The largest absolute Gasteiger partial charge is 0.352 e. The van der Waals surface area contributed by atoms with E-state index in [4.69, 9.17) is 0 Å². The first-order chi connectivity index (χ1) is 15.6. The molecule has 0 aromatic heterocycles. The highest BCUT2D eigenvalue weighted by Crippen LogP contribution is 2.19. The minimum Gasteiger partial charge on any atom is -0.352 e. The van der Waals surface area contributed by atoms with E-state index >= 15 is 0 Å². The Kier molecular flexibility index (Phi) is 6.97. The number of carbonyl (C=O) groups is 2. The van der Waals surface area contributed by atoms with E-state index in [9.17, 15) is 9.59 Å². The van der Waals surface area contributed by atoms with Crippen LogP contribution in [0.3, 0.4) is 0 Å². The topological polar surface area (TPSA) is 52.6 Å². The van der Waals surface area contributed by atoms with E-state index in [1.54, 1.807) is 0 Å². The number of nitrogens with zero attached hydrogens (tertiary/aromatic N) is 2. The van der Waals surface area contributed by atoms with Gasteiger partial charge in [-0.3, -0.25) is 9.59 Å². The van der Waals surface area contributed by atoms with E-state index in [1.807, 2.05) is 71.6 Å². The molecule has 3 aromatic rings. The fraction of sp³-hybridized carbons (Fsp3) is 0.259. The van der Waals surface area contributed by atoms with Crippen LogP contribution < -0.4 is 5.32 Å². The summed E-state index contributed by atoms with van der Waals surface area (Å²) in [6, 6.07) is 25.8. The van der Waals surface area contributed by atoms with Crippen molar-refractivity contribution in [2.24, 2.45) is 0 Å². The van der Waals surface area contributed by atoms with Crippen molar-refractivity contribution >= 4 is 11.8 Å². The van der Waals surface area contributed by atoms with Gasteiger partial charge in [-0.25, -0.2) is 0 Å². The maximum Gasteiger partial charge on any atom is 0.253 e. The first kappa shape index (κ1) is 21.8. The standard InChI is InChI=1S/C27H29N3O2/c1-29-15-17-30(18-16-29)27(32)25-13-9-22(10-14-25)20-28-26(31)19-21-7-11-24(12-8-21)23-5-3-2-4-6-23/h2-14H,15-20H2,1H3,(H,28,31). The predicted molar refractivity (Wildman–Crippen MR) is 127 cm³/mol. The molecule has 0 aliphatic carbocycles. The molecule has 0 spiro atoms. The molecule has 32 heavy (non-hydrogen) atoms. The molecule has 1 aliphatic heterocycles. The highest BCUT2D eigenvalue weighted by Gasteiger charge is 2.20. The number of amides is 2. The van der Waals surface area contributed by atoms with Crippen LogP contribution in [0.1, 0.15) is 21.5 Å². The van der Waals surface area contributed by atoms with Crippen LogP contribution in [0.4, 0.5) is 0 Å². The number of rotatable bonds is 6. The van der Waals surface area contributed by atoms with E-state index in [2.05, 4.69) is 29.4 Å². The van der Waals surface area contributed by atoms with E-state index in [1.165, 1.54) is 0 Å². The summed E-state index contributed by atoms with van der Waals surface area (Å²) in [7, 11) is 2.07. The molecule has 0 saturated carbocycles. The molecule has 1 N–H and O–H groups in total. The van der Waals surface area contributed by atoms with E-state index < -0.39 is 0 Å². The molecule has 0 bridgehead atoms. The zero-order valence-corrected chi connectivity index (χ0v) is 18.5. The fourth-order valence-corrected chi connectivity index (χ4v) is 3.85. The molecule has 0 radical (unpaired) electrons. The Morgan fingerprint density at radius 3 is 2.00 bits per heavy atom. The van der Waals surface area contributed by atoms with Gasteiger partial charge in [0.15, 0.2) is 0 Å². The minimum absolute atomic E-state index is 0.0185. The van der Waals surface area contributed by atoms with Crippen molar-refractivity contribution in [3.8, 4) is 11.1 Å². The summed E-state index contributed by atoms with van der Waals surface area (Å²) in [4.78, 5) is 29.1. The van der Waals surface area contributed by atoms with Crippen LogP contribution in [-0.4, -0.2) is 54.8 Å². The van der Waals surface area contributed by atoms with Gasteiger partial charge in [0.05, 0.1) is 6.42 Å². The normalized spacial score (nSPS) is 14.2. The molecule has 5 nitrogen and oxygen atoms in total. The van der Waals surface area contributed by atoms with Crippen molar-refractivity contribution in [3.63, 3.8) is 0 Å². The Balaban J connectivity index is 1.26. The molecule has 0 atom stereocenters. The number of hydrogen-bond donors (Lipinski definition) is 1. The Hall–Kier alpha value is -3.44. The van der Waals surface area contributed by atoms with Crippen molar-refractivity contribution in [1.82, 2.24) is 15.1 Å². The molecule has 164 valence electrons. The summed E-state index contributed by atoms with van der Waals surface area (Å²) in [6.07, 6.45) is 0.342. The smallest absolute Gasteiger partial charge is 0.253 e. The maximum absolute atomic E-state index is 12.6.